The van der Waals surface area contributed by atoms with E-state index in [1.54, 1.807) is 7.05 Å². The molecule has 7 nitrogen and oxygen atoms in total. The van der Waals surface area contributed by atoms with Crippen LogP contribution in [0.4, 0.5) is 11.5 Å². The zero-order valence-electron chi connectivity index (χ0n) is 11.1. The molecule has 0 amide bonds. The van der Waals surface area contributed by atoms with Gasteiger partial charge in [0, 0.05) is 25.7 Å². The molecule has 3 heterocycles. The number of nitrogens with zero attached hydrogens (tertiary/aromatic N) is 4. The molecule has 2 aliphatic rings. The van der Waals surface area contributed by atoms with Crippen LogP contribution in [0.5, 0.6) is 0 Å². The summed E-state index contributed by atoms with van der Waals surface area (Å²) in [6.45, 7) is 2.30. The van der Waals surface area contributed by atoms with Crippen LogP contribution in [0.3, 0.4) is 0 Å². The largest absolute Gasteiger partial charge is 0.360 e. The molecule has 2 saturated heterocycles. The highest BCUT2D eigenvalue weighted by molar-refractivity contribution is 5.55. The summed E-state index contributed by atoms with van der Waals surface area (Å²) in [7, 11) is 1.71. The number of hydrogen-bond acceptors (Lipinski definition) is 5. The van der Waals surface area contributed by atoms with Crippen molar-refractivity contribution in [1.29, 1.82) is 0 Å². The summed E-state index contributed by atoms with van der Waals surface area (Å²) in [5.74, 6) is 0.406. The molecule has 1 aromatic rings. The monoisotopic (exact) mass is 265 g/mol. The highest BCUT2D eigenvalue weighted by atomic mass is 16.6. The van der Waals surface area contributed by atoms with E-state index in [0.717, 1.165) is 19.4 Å². The Morgan fingerprint density at radius 3 is 3.11 bits per heavy atom. The molecule has 1 aromatic heterocycles. The van der Waals surface area contributed by atoms with Gasteiger partial charge in [-0.25, -0.2) is 0 Å². The highest BCUT2D eigenvalue weighted by Gasteiger charge is 2.32. The molecule has 2 unspecified atom stereocenters. The van der Waals surface area contributed by atoms with Gasteiger partial charge in [-0.15, -0.1) is 5.10 Å². The minimum atomic E-state index is -0.375. The second kappa shape index (κ2) is 4.80. The van der Waals surface area contributed by atoms with Crippen molar-refractivity contribution in [2.24, 2.45) is 7.05 Å². The quantitative estimate of drug-likeness (QED) is 0.659. The van der Waals surface area contributed by atoms with E-state index in [9.17, 15) is 10.1 Å². The molecule has 0 spiro atoms. The Labute approximate surface area is 111 Å². The fraction of sp³-hybridized carbons (Fsp3) is 0.750. The Morgan fingerprint density at radius 1 is 1.47 bits per heavy atom. The minimum Gasteiger partial charge on any atom is -0.360 e. The smallest absolute Gasteiger partial charge is 0.330 e. The molecule has 2 fully saturated rings. The summed E-state index contributed by atoms with van der Waals surface area (Å²) in [5.41, 5.74) is 0.0661. The van der Waals surface area contributed by atoms with Gasteiger partial charge in [0.15, 0.2) is 0 Å². The summed E-state index contributed by atoms with van der Waals surface area (Å²) in [4.78, 5) is 13.1. The van der Waals surface area contributed by atoms with Crippen molar-refractivity contribution in [1.82, 2.24) is 14.7 Å². The van der Waals surface area contributed by atoms with Gasteiger partial charge in [0.05, 0.1) is 4.92 Å². The molecule has 104 valence electrons. The second-order valence-electron chi connectivity index (χ2n) is 5.49. The third-order valence-corrected chi connectivity index (χ3v) is 4.17. The molecule has 2 aliphatic heterocycles. The maximum Gasteiger partial charge on any atom is 0.330 e. The number of aromatic nitrogens is 2. The predicted molar refractivity (Wildman–Crippen MR) is 71.1 cm³/mol. The lowest BCUT2D eigenvalue weighted by atomic mass is 9.97. The first-order valence-electron chi connectivity index (χ1n) is 6.82. The first-order chi connectivity index (χ1) is 9.13. The van der Waals surface area contributed by atoms with E-state index >= 15 is 0 Å². The van der Waals surface area contributed by atoms with Crippen LogP contribution in [0.2, 0.25) is 0 Å². The molecule has 0 saturated carbocycles. The summed E-state index contributed by atoms with van der Waals surface area (Å²) >= 11 is 0. The zero-order chi connectivity index (χ0) is 13.4. The van der Waals surface area contributed by atoms with Gasteiger partial charge in [-0.2, -0.15) is 0 Å². The lowest BCUT2D eigenvalue weighted by molar-refractivity contribution is -0.384. The molecule has 1 N–H and O–H groups in total. The van der Waals surface area contributed by atoms with Crippen LogP contribution in [0, 0.1) is 10.1 Å². The van der Waals surface area contributed by atoms with Crippen molar-refractivity contribution < 1.29 is 4.92 Å². The van der Waals surface area contributed by atoms with E-state index in [4.69, 9.17) is 0 Å². The number of piperidine rings is 1. The number of nitro groups is 1. The van der Waals surface area contributed by atoms with Gasteiger partial charge in [0.2, 0.25) is 5.82 Å². The van der Waals surface area contributed by atoms with Crippen LogP contribution in [0.15, 0.2) is 6.20 Å². The van der Waals surface area contributed by atoms with Crippen molar-refractivity contribution in [3.8, 4) is 0 Å². The molecular formula is C12H19N5O2. The van der Waals surface area contributed by atoms with Crippen LogP contribution in [-0.2, 0) is 7.05 Å². The summed E-state index contributed by atoms with van der Waals surface area (Å²) < 4.78 is 1.49. The standard InChI is InChI=1S/C12H19N5O2/c1-15-8-11(17(18)19)12(14-15)13-9-4-6-16-5-2-3-10(16)7-9/h8-10H,2-7H2,1H3,(H,13,14). The van der Waals surface area contributed by atoms with Crippen LogP contribution in [0.1, 0.15) is 25.7 Å². The number of hydrogen-bond donors (Lipinski definition) is 1. The minimum absolute atomic E-state index is 0.0661. The average molecular weight is 265 g/mol. The van der Waals surface area contributed by atoms with Gasteiger partial charge in [-0.05, 0) is 32.2 Å². The van der Waals surface area contributed by atoms with Crippen molar-refractivity contribution in [3.05, 3.63) is 16.3 Å². The highest BCUT2D eigenvalue weighted by Crippen LogP contribution is 2.30. The van der Waals surface area contributed by atoms with E-state index < -0.39 is 0 Å². The first kappa shape index (κ1) is 12.4. The third kappa shape index (κ3) is 2.42. The Balaban J connectivity index is 1.70. The molecule has 0 radical (unpaired) electrons. The van der Waals surface area contributed by atoms with Gasteiger partial charge >= 0.3 is 5.69 Å². The Morgan fingerprint density at radius 2 is 2.32 bits per heavy atom. The van der Waals surface area contributed by atoms with Gasteiger partial charge in [-0.3, -0.25) is 14.8 Å². The third-order valence-electron chi connectivity index (χ3n) is 4.17. The molecule has 0 aromatic carbocycles. The van der Waals surface area contributed by atoms with Crippen molar-refractivity contribution >= 4 is 11.5 Å². The Bertz CT molecular complexity index is 486. The van der Waals surface area contributed by atoms with Crippen LogP contribution < -0.4 is 5.32 Å². The summed E-state index contributed by atoms with van der Waals surface area (Å²) in [5, 5.41) is 18.4. The Kier molecular flexibility index (Phi) is 3.14. The topological polar surface area (TPSA) is 76.2 Å². The second-order valence-corrected chi connectivity index (χ2v) is 5.49. The van der Waals surface area contributed by atoms with Gasteiger partial charge < -0.3 is 10.2 Å². The van der Waals surface area contributed by atoms with E-state index in [1.165, 1.54) is 30.3 Å². The van der Waals surface area contributed by atoms with Crippen LogP contribution in [0.25, 0.3) is 0 Å². The lowest BCUT2D eigenvalue weighted by Gasteiger charge is -2.35. The normalized spacial score (nSPS) is 27.2. The lowest BCUT2D eigenvalue weighted by Crippen LogP contribution is -2.42. The van der Waals surface area contributed by atoms with E-state index in [1.807, 2.05) is 0 Å². The molecular weight excluding hydrogens is 246 g/mol. The van der Waals surface area contributed by atoms with Crippen molar-refractivity contribution in [2.75, 3.05) is 18.4 Å². The predicted octanol–water partition coefficient (Wildman–Crippen LogP) is 1.37. The number of fused-ring (bicyclic) bond motifs is 1. The van der Waals surface area contributed by atoms with Crippen molar-refractivity contribution in [2.45, 2.75) is 37.8 Å². The van der Waals surface area contributed by atoms with E-state index in [0.29, 0.717) is 17.9 Å². The number of rotatable bonds is 3. The summed E-state index contributed by atoms with van der Waals surface area (Å²) in [6, 6.07) is 0.946. The molecule has 0 aliphatic carbocycles. The maximum atomic E-state index is 11.0. The SMILES string of the molecule is Cn1cc([N+](=O)[O-])c(NC2CCN3CCCC3C2)n1. The fourth-order valence-electron chi connectivity index (χ4n) is 3.26. The van der Waals surface area contributed by atoms with Gasteiger partial charge in [0.1, 0.15) is 6.20 Å². The molecule has 19 heavy (non-hydrogen) atoms. The molecule has 3 rings (SSSR count). The van der Waals surface area contributed by atoms with E-state index in [-0.39, 0.29) is 10.6 Å². The Hall–Kier alpha value is -1.63. The number of aryl methyl sites for hydroxylation is 1. The van der Waals surface area contributed by atoms with E-state index in [2.05, 4.69) is 15.3 Å². The maximum absolute atomic E-state index is 11.0. The molecule has 2 atom stereocenters. The summed E-state index contributed by atoms with van der Waals surface area (Å²) in [6.07, 6.45) is 6.08. The van der Waals surface area contributed by atoms with Crippen LogP contribution in [-0.4, -0.2) is 44.8 Å². The molecule has 0 bridgehead atoms. The molecule has 7 heteroatoms. The van der Waals surface area contributed by atoms with Gasteiger partial charge in [-0.1, -0.05) is 0 Å². The average Bonchev–Trinajstić information content (AvgIpc) is 2.95. The number of anilines is 1. The first-order valence-corrected chi connectivity index (χ1v) is 6.82. The zero-order valence-corrected chi connectivity index (χ0v) is 11.1. The van der Waals surface area contributed by atoms with Gasteiger partial charge in [0.25, 0.3) is 0 Å². The number of nitrogens with one attached hydrogen (secondary N) is 1. The van der Waals surface area contributed by atoms with Crippen LogP contribution >= 0.6 is 0 Å². The van der Waals surface area contributed by atoms with Crippen molar-refractivity contribution in [3.63, 3.8) is 0 Å². The fourth-order valence-corrected chi connectivity index (χ4v) is 3.26.